The number of benzene rings is 1. The third-order valence-electron chi connectivity index (χ3n) is 3.06. The van der Waals surface area contributed by atoms with Crippen LogP contribution in [-0.2, 0) is 6.18 Å². The van der Waals surface area contributed by atoms with E-state index in [2.05, 4.69) is 10.2 Å². The van der Waals surface area contributed by atoms with Gasteiger partial charge >= 0.3 is 6.18 Å². The van der Waals surface area contributed by atoms with E-state index in [0.717, 1.165) is 17.0 Å². The van der Waals surface area contributed by atoms with Crippen molar-refractivity contribution in [2.75, 3.05) is 0 Å². The van der Waals surface area contributed by atoms with Crippen LogP contribution in [0.1, 0.15) is 11.1 Å². The van der Waals surface area contributed by atoms with Crippen LogP contribution in [0.4, 0.5) is 13.2 Å². The van der Waals surface area contributed by atoms with E-state index in [0.29, 0.717) is 17.1 Å². The normalized spacial score (nSPS) is 11.8. The number of aromatic nitrogens is 3. The summed E-state index contributed by atoms with van der Waals surface area (Å²) in [5, 5.41) is 8.64. The van der Waals surface area contributed by atoms with Crippen molar-refractivity contribution in [3.05, 3.63) is 51.6 Å². The van der Waals surface area contributed by atoms with Gasteiger partial charge in [0.2, 0.25) is 0 Å². The molecule has 0 aliphatic carbocycles. The first-order valence-electron chi connectivity index (χ1n) is 6.27. The summed E-state index contributed by atoms with van der Waals surface area (Å²) in [6.07, 6.45) is -4.41. The predicted molar refractivity (Wildman–Crippen MR) is 81.8 cm³/mol. The monoisotopic (exact) mass is 341 g/mol. The van der Waals surface area contributed by atoms with Gasteiger partial charge in [0.15, 0.2) is 10.6 Å². The van der Waals surface area contributed by atoms with Gasteiger partial charge in [-0.1, -0.05) is 6.07 Å². The van der Waals surface area contributed by atoms with Crippen molar-refractivity contribution < 1.29 is 13.2 Å². The quantitative estimate of drug-likeness (QED) is 0.667. The molecule has 0 radical (unpaired) electrons. The molecule has 0 amide bonds. The van der Waals surface area contributed by atoms with Crippen molar-refractivity contribution in [2.24, 2.45) is 0 Å². The van der Waals surface area contributed by atoms with E-state index < -0.39 is 11.7 Å². The van der Waals surface area contributed by atoms with E-state index in [4.69, 9.17) is 12.2 Å². The molecule has 0 aliphatic heterocycles. The van der Waals surface area contributed by atoms with E-state index in [9.17, 15) is 13.2 Å². The molecule has 0 aliphatic rings. The number of aryl methyl sites for hydroxylation is 1. The zero-order chi connectivity index (χ0) is 15.9. The molecule has 0 fully saturated rings. The van der Waals surface area contributed by atoms with Crippen LogP contribution in [-0.4, -0.2) is 14.8 Å². The van der Waals surface area contributed by atoms with E-state index in [-0.39, 0.29) is 4.77 Å². The number of halogens is 3. The molecule has 2 heterocycles. The lowest BCUT2D eigenvalue weighted by Gasteiger charge is -2.12. The molecule has 3 rings (SSSR count). The second-order valence-corrected chi connectivity index (χ2v) is 6.05. The molecule has 2 aromatic heterocycles. The highest BCUT2D eigenvalue weighted by Gasteiger charge is 2.31. The van der Waals surface area contributed by atoms with Gasteiger partial charge in [0, 0.05) is 0 Å². The van der Waals surface area contributed by atoms with Gasteiger partial charge in [-0.3, -0.25) is 9.67 Å². The zero-order valence-electron chi connectivity index (χ0n) is 11.3. The van der Waals surface area contributed by atoms with Crippen LogP contribution < -0.4 is 0 Å². The third-order valence-corrected chi connectivity index (χ3v) is 4.20. The Kier molecular flexibility index (Phi) is 3.65. The van der Waals surface area contributed by atoms with Crippen LogP contribution in [0.25, 0.3) is 16.4 Å². The Morgan fingerprint density at radius 3 is 2.68 bits per heavy atom. The maximum Gasteiger partial charge on any atom is 0.416 e. The minimum atomic E-state index is -4.41. The molecule has 0 bridgehead atoms. The lowest BCUT2D eigenvalue weighted by molar-refractivity contribution is -0.137. The average Bonchev–Trinajstić information content (AvgIpc) is 3.05. The molecular formula is C14H10F3N3S2. The Morgan fingerprint density at radius 1 is 1.27 bits per heavy atom. The van der Waals surface area contributed by atoms with E-state index in [1.165, 1.54) is 15.9 Å². The van der Waals surface area contributed by atoms with Crippen molar-refractivity contribution in [2.45, 2.75) is 13.1 Å². The molecule has 8 heteroatoms. The number of rotatable bonds is 2. The first kappa shape index (κ1) is 15.0. The standard InChI is InChI=1S/C14H10F3N3S2/c1-8-5-9(14(15,16)17)7-10(6-8)20-12(18-19-13(20)21)11-3-2-4-22-11/h2-7H,1H3,(H,19,21). The van der Waals surface area contributed by atoms with Crippen LogP contribution in [0.5, 0.6) is 0 Å². The van der Waals surface area contributed by atoms with Crippen LogP contribution in [0.15, 0.2) is 35.7 Å². The molecule has 0 saturated heterocycles. The van der Waals surface area contributed by atoms with Gasteiger partial charge in [-0.05, 0) is 54.4 Å². The maximum absolute atomic E-state index is 13.0. The van der Waals surface area contributed by atoms with Crippen LogP contribution >= 0.6 is 23.6 Å². The molecule has 3 nitrogen and oxygen atoms in total. The zero-order valence-corrected chi connectivity index (χ0v) is 12.9. The largest absolute Gasteiger partial charge is 0.416 e. The summed E-state index contributed by atoms with van der Waals surface area (Å²) in [5.41, 5.74) is 0.141. The van der Waals surface area contributed by atoms with E-state index in [1.54, 1.807) is 13.0 Å². The maximum atomic E-state index is 13.0. The van der Waals surface area contributed by atoms with E-state index >= 15 is 0 Å². The van der Waals surface area contributed by atoms with Crippen LogP contribution in [0.2, 0.25) is 0 Å². The minimum absolute atomic E-state index is 0.252. The number of H-pyrrole nitrogens is 1. The number of aromatic amines is 1. The Morgan fingerprint density at radius 2 is 2.05 bits per heavy atom. The van der Waals surface area contributed by atoms with E-state index in [1.807, 2.05) is 17.5 Å². The van der Waals surface area contributed by atoms with Crippen molar-refractivity contribution in [1.29, 1.82) is 0 Å². The lowest BCUT2D eigenvalue weighted by Crippen LogP contribution is -2.07. The fourth-order valence-electron chi connectivity index (χ4n) is 2.16. The third kappa shape index (κ3) is 2.71. The molecule has 1 aromatic carbocycles. The van der Waals surface area contributed by atoms with Crippen molar-refractivity contribution in [3.8, 4) is 16.4 Å². The number of nitrogens with one attached hydrogen (secondary N) is 1. The van der Waals surface area contributed by atoms with Crippen molar-refractivity contribution >= 4 is 23.6 Å². The number of hydrogen-bond acceptors (Lipinski definition) is 3. The van der Waals surface area contributed by atoms with Gasteiger partial charge in [0.1, 0.15) is 0 Å². The summed E-state index contributed by atoms with van der Waals surface area (Å²) in [6.45, 7) is 1.62. The Bertz CT molecular complexity index is 860. The Balaban J connectivity index is 2.23. The highest BCUT2D eigenvalue weighted by atomic mass is 32.1. The first-order valence-corrected chi connectivity index (χ1v) is 7.55. The predicted octanol–water partition coefficient (Wildman–Crippen LogP) is 4.99. The molecule has 0 atom stereocenters. The molecule has 22 heavy (non-hydrogen) atoms. The molecule has 1 N–H and O–H groups in total. The summed E-state index contributed by atoms with van der Waals surface area (Å²) in [7, 11) is 0. The first-order chi connectivity index (χ1) is 10.4. The number of nitrogens with zero attached hydrogens (tertiary/aromatic N) is 2. The van der Waals surface area contributed by atoms with Crippen LogP contribution in [0, 0.1) is 11.7 Å². The molecular weight excluding hydrogens is 331 g/mol. The Hall–Kier alpha value is -1.93. The van der Waals surface area contributed by atoms with Crippen LogP contribution in [0.3, 0.4) is 0 Å². The molecule has 0 unspecified atom stereocenters. The number of thiophene rings is 1. The fraction of sp³-hybridized carbons (Fsp3) is 0.143. The highest BCUT2D eigenvalue weighted by molar-refractivity contribution is 7.71. The van der Waals surface area contributed by atoms with Gasteiger partial charge in [-0.25, -0.2) is 0 Å². The van der Waals surface area contributed by atoms with Gasteiger partial charge in [0.05, 0.1) is 16.1 Å². The average molecular weight is 341 g/mol. The number of alkyl halides is 3. The molecule has 0 saturated carbocycles. The highest BCUT2D eigenvalue weighted by Crippen LogP contribution is 2.33. The van der Waals surface area contributed by atoms with Crippen molar-refractivity contribution in [1.82, 2.24) is 14.8 Å². The minimum Gasteiger partial charge on any atom is -0.267 e. The summed E-state index contributed by atoms with van der Waals surface area (Å²) in [4.78, 5) is 0.822. The smallest absolute Gasteiger partial charge is 0.267 e. The second-order valence-electron chi connectivity index (χ2n) is 4.72. The topological polar surface area (TPSA) is 33.6 Å². The fourth-order valence-corrected chi connectivity index (χ4v) is 3.10. The van der Waals surface area contributed by atoms with Gasteiger partial charge < -0.3 is 0 Å². The summed E-state index contributed by atoms with van der Waals surface area (Å²) < 4.78 is 40.8. The molecule has 0 spiro atoms. The van der Waals surface area contributed by atoms with Gasteiger partial charge in [0.25, 0.3) is 0 Å². The van der Waals surface area contributed by atoms with Gasteiger partial charge in [-0.15, -0.1) is 11.3 Å². The molecule has 114 valence electrons. The number of hydrogen-bond donors (Lipinski definition) is 1. The summed E-state index contributed by atoms with van der Waals surface area (Å²) in [6, 6.07) is 7.52. The van der Waals surface area contributed by atoms with Crippen molar-refractivity contribution in [3.63, 3.8) is 0 Å². The second kappa shape index (κ2) is 5.36. The summed E-state index contributed by atoms with van der Waals surface area (Å²) >= 11 is 6.62. The SMILES string of the molecule is Cc1cc(-n2c(-c3cccs3)n[nH]c2=S)cc(C(F)(F)F)c1. The lowest BCUT2D eigenvalue weighted by atomic mass is 10.1. The summed E-state index contributed by atoms with van der Waals surface area (Å²) in [5.74, 6) is 0.499. The molecule has 3 aromatic rings. The van der Waals surface area contributed by atoms with Gasteiger partial charge in [-0.2, -0.15) is 18.3 Å². The Labute approximate surface area is 133 Å².